The van der Waals surface area contributed by atoms with Crippen LogP contribution in [0.25, 0.3) is 0 Å². The lowest BCUT2D eigenvalue weighted by molar-refractivity contribution is 0.863. The van der Waals surface area contributed by atoms with Crippen LogP contribution in [-0.2, 0) is 7.05 Å². The van der Waals surface area contributed by atoms with Crippen molar-refractivity contribution in [1.29, 1.82) is 5.41 Å². The zero-order valence-corrected chi connectivity index (χ0v) is 7.88. The van der Waals surface area contributed by atoms with E-state index in [2.05, 4.69) is 9.98 Å². The molecule has 0 spiro atoms. The summed E-state index contributed by atoms with van der Waals surface area (Å²) >= 11 is 0. The van der Waals surface area contributed by atoms with Gasteiger partial charge in [0.25, 0.3) is 0 Å². The molecule has 1 aromatic heterocycles. The first-order chi connectivity index (χ1) is 6.07. The normalized spacial score (nSPS) is 11.0. The van der Waals surface area contributed by atoms with Gasteiger partial charge >= 0.3 is 5.69 Å². The van der Waals surface area contributed by atoms with Gasteiger partial charge in [0, 0.05) is 13.3 Å². The predicted molar refractivity (Wildman–Crippen MR) is 52.4 cm³/mol. The van der Waals surface area contributed by atoms with E-state index in [1.165, 1.54) is 4.57 Å². The lowest BCUT2D eigenvalue weighted by Gasteiger charge is -1.96. The summed E-state index contributed by atoms with van der Waals surface area (Å²) < 4.78 is 1.38. The Hall–Kier alpha value is -1.65. The minimum absolute atomic E-state index is 0.248. The Bertz CT molecular complexity index is 410. The van der Waals surface area contributed by atoms with Gasteiger partial charge in [-0.3, -0.25) is 4.57 Å². The van der Waals surface area contributed by atoms with E-state index >= 15 is 0 Å². The smallest absolute Gasteiger partial charge is 0.303 e. The van der Waals surface area contributed by atoms with Gasteiger partial charge in [0.15, 0.2) is 5.82 Å². The highest BCUT2D eigenvalue weighted by molar-refractivity contribution is 5.98. The second kappa shape index (κ2) is 3.38. The zero-order chi connectivity index (χ0) is 10.0. The van der Waals surface area contributed by atoms with Gasteiger partial charge in [0.2, 0.25) is 0 Å². The van der Waals surface area contributed by atoms with Crippen molar-refractivity contribution in [2.75, 3.05) is 0 Å². The molecule has 0 aliphatic heterocycles. The fraction of sp³-hybridized carbons (Fsp3) is 0.375. The van der Waals surface area contributed by atoms with Crippen LogP contribution in [0.5, 0.6) is 0 Å². The number of nitrogens with zero attached hydrogens (tertiary/aromatic N) is 2. The first kappa shape index (κ1) is 9.44. The van der Waals surface area contributed by atoms with Crippen LogP contribution in [0.4, 0.5) is 5.82 Å². The number of hydrogen-bond donors (Lipinski definition) is 2. The molecule has 1 rings (SSSR count). The molecular weight excluding hydrogens is 168 g/mol. The summed E-state index contributed by atoms with van der Waals surface area (Å²) in [6, 6.07) is 0. The third-order valence-corrected chi connectivity index (χ3v) is 1.70. The lowest BCUT2D eigenvalue weighted by atomic mass is 10.3. The average Bonchev–Trinajstić information content (AvgIpc) is 2.33. The summed E-state index contributed by atoms with van der Waals surface area (Å²) in [5.74, 6) is 0.500. The molecule has 1 heterocycles. The van der Waals surface area contributed by atoms with Crippen molar-refractivity contribution in [3.63, 3.8) is 0 Å². The van der Waals surface area contributed by atoms with Gasteiger partial charge in [-0.2, -0.15) is 0 Å². The predicted octanol–water partition coefficient (Wildman–Crippen LogP) is 0.823. The van der Waals surface area contributed by atoms with Crippen molar-refractivity contribution < 1.29 is 0 Å². The summed E-state index contributed by atoms with van der Waals surface area (Å²) in [6.45, 7) is 3.38. The van der Waals surface area contributed by atoms with Crippen LogP contribution in [0.1, 0.15) is 19.5 Å². The van der Waals surface area contributed by atoms with Gasteiger partial charge in [0.05, 0.1) is 5.71 Å². The van der Waals surface area contributed by atoms with E-state index in [1.807, 2.05) is 0 Å². The minimum atomic E-state index is -0.248. The van der Waals surface area contributed by atoms with Crippen molar-refractivity contribution in [3.05, 3.63) is 16.2 Å². The summed E-state index contributed by atoms with van der Waals surface area (Å²) in [7, 11) is 1.62. The van der Waals surface area contributed by atoms with E-state index in [0.29, 0.717) is 17.2 Å². The molecule has 70 valence electrons. The van der Waals surface area contributed by atoms with Gasteiger partial charge in [-0.1, -0.05) is 0 Å². The molecule has 5 heteroatoms. The summed E-state index contributed by atoms with van der Waals surface area (Å²) in [4.78, 5) is 17.8. The van der Waals surface area contributed by atoms with E-state index in [0.717, 1.165) is 0 Å². The molecule has 0 aliphatic carbocycles. The molecule has 5 nitrogen and oxygen atoms in total. The Morgan fingerprint density at radius 2 is 2.31 bits per heavy atom. The van der Waals surface area contributed by atoms with Crippen LogP contribution in [0.2, 0.25) is 0 Å². The fourth-order valence-corrected chi connectivity index (χ4v) is 1.05. The Morgan fingerprint density at radius 1 is 1.69 bits per heavy atom. The SMILES string of the molecule is CC=Nc1c(C(C)=N)[nH]c(=O)n1C. The monoisotopic (exact) mass is 180 g/mol. The maximum atomic E-state index is 11.2. The number of nitrogens with one attached hydrogen (secondary N) is 2. The second-order valence-electron chi connectivity index (χ2n) is 2.70. The number of H-pyrrole nitrogens is 1. The van der Waals surface area contributed by atoms with Crippen molar-refractivity contribution in [3.8, 4) is 0 Å². The molecular formula is C8H12N4O. The Balaban J connectivity index is 3.44. The number of aromatic nitrogens is 2. The molecule has 0 aromatic carbocycles. The van der Waals surface area contributed by atoms with Crippen molar-refractivity contribution >= 4 is 17.7 Å². The lowest BCUT2D eigenvalue weighted by Crippen LogP contribution is -2.12. The van der Waals surface area contributed by atoms with Gasteiger partial charge in [-0.15, -0.1) is 0 Å². The second-order valence-corrected chi connectivity index (χ2v) is 2.70. The van der Waals surface area contributed by atoms with Crippen LogP contribution in [-0.4, -0.2) is 21.5 Å². The molecule has 13 heavy (non-hydrogen) atoms. The number of imidazole rings is 1. The number of aliphatic imine (C=N–C) groups is 1. The van der Waals surface area contributed by atoms with Crippen LogP contribution in [0, 0.1) is 5.41 Å². The maximum Gasteiger partial charge on any atom is 0.327 e. The number of aromatic amines is 1. The Kier molecular flexibility index (Phi) is 2.46. The van der Waals surface area contributed by atoms with E-state index < -0.39 is 0 Å². The summed E-state index contributed by atoms with van der Waals surface area (Å²) in [5, 5.41) is 7.41. The molecule has 0 unspecified atom stereocenters. The summed E-state index contributed by atoms with van der Waals surface area (Å²) in [5.41, 5.74) is 0.533. The first-order valence-corrected chi connectivity index (χ1v) is 3.91. The van der Waals surface area contributed by atoms with Crippen LogP contribution < -0.4 is 5.69 Å². The van der Waals surface area contributed by atoms with E-state index in [-0.39, 0.29) is 5.69 Å². The Labute approximate surface area is 75.6 Å². The average molecular weight is 180 g/mol. The van der Waals surface area contributed by atoms with E-state index in [1.54, 1.807) is 27.1 Å². The zero-order valence-electron chi connectivity index (χ0n) is 7.88. The highest BCUT2D eigenvalue weighted by atomic mass is 16.1. The largest absolute Gasteiger partial charge is 0.327 e. The quantitative estimate of drug-likeness (QED) is 0.650. The number of hydrogen-bond acceptors (Lipinski definition) is 3. The highest BCUT2D eigenvalue weighted by Gasteiger charge is 2.10. The van der Waals surface area contributed by atoms with E-state index in [9.17, 15) is 4.79 Å². The standard InChI is InChI=1S/C8H12N4O/c1-4-10-7-6(5(2)9)11-8(13)12(7)3/h4,9H,1-3H3,(H,11,13). The molecule has 0 aliphatic rings. The first-order valence-electron chi connectivity index (χ1n) is 3.91. The maximum absolute atomic E-state index is 11.2. The van der Waals surface area contributed by atoms with Crippen LogP contribution >= 0.6 is 0 Å². The topological polar surface area (TPSA) is 74.0 Å². The van der Waals surface area contributed by atoms with Crippen molar-refractivity contribution in [2.45, 2.75) is 13.8 Å². The molecule has 0 fully saturated rings. The molecule has 2 N–H and O–H groups in total. The minimum Gasteiger partial charge on any atom is -0.303 e. The van der Waals surface area contributed by atoms with Crippen LogP contribution in [0.15, 0.2) is 9.79 Å². The molecule has 1 aromatic rings. The third-order valence-electron chi connectivity index (χ3n) is 1.70. The molecule has 0 radical (unpaired) electrons. The van der Waals surface area contributed by atoms with Gasteiger partial charge in [0.1, 0.15) is 5.69 Å². The van der Waals surface area contributed by atoms with E-state index in [4.69, 9.17) is 5.41 Å². The van der Waals surface area contributed by atoms with Gasteiger partial charge in [-0.05, 0) is 13.8 Å². The highest BCUT2D eigenvalue weighted by Crippen LogP contribution is 2.13. The molecule has 0 atom stereocenters. The third kappa shape index (κ3) is 1.58. The fourth-order valence-electron chi connectivity index (χ4n) is 1.05. The van der Waals surface area contributed by atoms with Crippen LogP contribution in [0.3, 0.4) is 0 Å². The number of rotatable bonds is 2. The summed E-state index contributed by atoms with van der Waals surface area (Å²) in [6.07, 6.45) is 1.59. The molecule has 0 saturated heterocycles. The van der Waals surface area contributed by atoms with Gasteiger partial charge in [-0.25, -0.2) is 9.79 Å². The van der Waals surface area contributed by atoms with Crippen molar-refractivity contribution in [1.82, 2.24) is 9.55 Å². The van der Waals surface area contributed by atoms with Gasteiger partial charge < -0.3 is 10.4 Å². The van der Waals surface area contributed by atoms with Crippen molar-refractivity contribution in [2.24, 2.45) is 12.0 Å². The Morgan fingerprint density at radius 3 is 2.77 bits per heavy atom. The molecule has 0 saturated carbocycles. The molecule has 0 bridgehead atoms. The molecule has 0 amide bonds.